The highest BCUT2D eigenvalue weighted by Gasteiger charge is 2.25. The van der Waals surface area contributed by atoms with Crippen LogP contribution in [0, 0.1) is 6.92 Å². The third-order valence-corrected chi connectivity index (χ3v) is 6.40. The normalized spacial score (nSPS) is 12.1. The summed E-state index contributed by atoms with van der Waals surface area (Å²) >= 11 is 11.9. The second-order valence-electron chi connectivity index (χ2n) is 6.28. The van der Waals surface area contributed by atoms with E-state index in [0.717, 1.165) is 4.57 Å². The maximum absolute atomic E-state index is 13.0. The van der Waals surface area contributed by atoms with Gasteiger partial charge in [-0.05, 0) is 36.3 Å². The van der Waals surface area contributed by atoms with Crippen molar-refractivity contribution < 1.29 is 18.0 Å². The number of amides is 1. The number of hydrogen-bond acceptors (Lipinski definition) is 6. The zero-order chi connectivity index (χ0) is 23.3. The molecule has 14 heteroatoms. The van der Waals surface area contributed by atoms with Gasteiger partial charge in [-0.15, -0.1) is 0 Å². The Kier molecular flexibility index (Phi) is 7.76. The summed E-state index contributed by atoms with van der Waals surface area (Å²) in [5.74, 6) is -1.16. The van der Waals surface area contributed by atoms with Gasteiger partial charge in [0.1, 0.15) is 23.2 Å². The number of carbonyl (C=O) groups excluding carboxylic acids is 1. The molecule has 31 heavy (non-hydrogen) atoms. The van der Waals surface area contributed by atoms with Crippen LogP contribution in [0.4, 0.5) is 5.69 Å². The second-order valence-corrected chi connectivity index (χ2v) is 8.71. The molecule has 0 spiro atoms. The predicted octanol–water partition coefficient (Wildman–Crippen LogP) is 0.886. The van der Waals surface area contributed by atoms with Crippen LogP contribution in [0.3, 0.4) is 0 Å². The average molecular weight is 491 g/mol. The second kappa shape index (κ2) is 9.90. The van der Waals surface area contributed by atoms with Gasteiger partial charge in [0.05, 0.1) is 10.0 Å². The summed E-state index contributed by atoms with van der Waals surface area (Å²) in [6, 6.07) is 5.61. The van der Waals surface area contributed by atoms with Crippen molar-refractivity contribution in [3.05, 3.63) is 56.4 Å². The largest absolute Gasteiger partial charge is 0.393 e. The van der Waals surface area contributed by atoms with Gasteiger partial charge in [-0.1, -0.05) is 29.3 Å². The summed E-state index contributed by atoms with van der Waals surface area (Å²) in [6.07, 6.45) is -0.0524. The van der Waals surface area contributed by atoms with Gasteiger partial charge in [-0.25, -0.2) is 8.42 Å². The number of nitrogens with one attached hydrogen (secondary N) is 1. The van der Waals surface area contributed by atoms with Crippen LogP contribution in [0.15, 0.2) is 45.2 Å². The fourth-order valence-corrected chi connectivity index (χ4v) is 4.50. The predicted molar refractivity (Wildman–Crippen MR) is 117 cm³/mol. The van der Waals surface area contributed by atoms with E-state index < -0.39 is 27.5 Å². The van der Waals surface area contributed by atoms with Crippen LogP contribution in [-0.4, -0.2) is 31.5 Å². The monoisotopic (exact) mass is 490 g/mol. The molecule has 1 unspecified atom stereocenters. The molecule has 0 radical (unpaired) electrons. The Hall–Kier alpha value is -2.96. The zero-order valence-electron chi connectivity index (χ0n) is 16.2. The first kappa shape index (κ1) is 24.3. The minimum Gasteiger partial charge on any atom is -0.393 e. The summed E-state index contributed by atoms with van der Waals surface area (Å²) < 4.78 is 28.7. The number of nitrogens with zero attached hydrogens (tertiary/aromatic N) is 2. The Morgan fingerprint density at radius 3 is 2.52 bits per heavy atom. The Balaban J connectivity index is 2.43. The Labute approximate surface area is 187 Å². The SMILES string of the molecule is Cc1ccc(NS(=O)(=O)c2cccc(Cl)c2Cl)c(=O)n1C(CCON=C(N)N)C(N)=O. The number of pyridine rings is 1. The van der Waals surface area contributed by atoms with Crippen LogP contribution in [0.1, 0.15) is 18.2 Å². The molecule has 11 nitrogen and oxygen atoms in total. The fraction of sp³-hybridized carbons (Fsp3) is 0.235. The summed E-state index contributed by atoms with van der Waals surface area (Å²) in [7, 11) is -4.26. The van der Waals surface area contributed by atoms with E-state index in [0.29, 0.717) is 5.69 Å². The number of aromatic nitrogens is 1. The first-order chi connectivity index (χ1) is 14.5. The molecule has 1 amide bonds. The molecule has 168 valence electrons. The molecule has 1 atom stereocenters. The molecule has 2 aromatic rings. The van der Waals surface area contributed by atoms with E-state index in [9.17, 15) is 18.0 Å². The van der Waals surface area contributed by atoms with Crippen molar-refractivity contribution in [2.45, 2.75) is 24.3 Å². The summed E-state index contributed by atoms with van der Waals surface area (Å²) in [5.41, 5.74) is 15.0. The number of halogens is 2. The lowest BCUT2D eigenvalue weighted by Gasteiger charge is -2.20. The molecule has 0 aliphatic rings. The fourth-order valence-electron chi connectivity index (χ4n) is 2.68. The number of rotatable bonds is 9. The van der Waals surface area contributed by atoms with Crippen molar-refractivity contribution in [1.82, 2.24) is 4.57 Å². The molecular formula is C17H20Cl2N6O5S. The number of anilines is 1. The highest BCUT2D eigenvalue weighted by molar-refractivity contribution is 7.92. The highest BCUT2D eigenvalue weighted by atomic mass is 35.5. The van der Waals surface area contributed by atoms with Crippen molar-refractivity contribution in [1.29, 1.82) is 0 Å². The third kappa shape index (κ3) is 5.81. The lowest BCUT2D eigenvalue weighted by atomic mass is 10.1. The first-order valence-corrected chi connectivity index (χ1v) is 10.9. The van der Waals surface area contributed by atoms with Crippen LogP contribution in [-0.2, 0) is 19.7 Å². The topological polar surface area (TPSA) is 185 Å². The molecule has 0 aliphatic carbocycles. The van der Waals surface area contributed by atoms with Crippen LogP contribution in [0.5, 0.6) is 0 Å². The quantitative estimate of drug-likeness (QED) is 0.174. The number of primary amides is 1. The molecular weight excluding hydrogens is 471 g/mol. The van der Waals surface area contributed by atoms with Crippen LogP contribution in [0.25, 0.3) is 0 Å². The maximum Gasteiger partial charge on any atom is 0.275 e. The minimum atomic E-state index is -4.26. The van der Waals surface area contributed by atoms with Crippen LogP contribution >= 0.6 is 23.2 Å². The minimum absolute atomic E-state index is 0.0282. The molecule has 0 saturated carbocycles. The highest BCUT2D eigenvalue weighted by Crippen LogP contribution is 2.29. The number of oxime groups is 1. The summed E-state index contributed by atoms with van der Waals surface area (Å²) in [5, 5.41) is 3.16. The van der Waals surface area contributed by atoms with E-state index in [1.807, 2.05) is 0 Å². The summed E-state index contributed by atoms with van der Waals surface area (Å²) in [6.45, 7) is 1.42. The Bertz CT molecular complexity index is 1180. The zero-order valence-corrected chi connectivity index (χ0v) is 18.5. The van der Waals surface area contributed by atoms with E-state index in [2.05, 4.69) is 9.88 Å². The first-order valence-electron chi connectivity index (χ1n) is 8.65. The van der Waals surface area contributed by atoms with Gasteiger partial charge in [0, 0.05) is 12.1 Å². The molecule has 1 aromatic heterocycles. The van der Waals surface area contributed by atoms with E-state index in [1.165, 1.54) is 30.3 Å². The smallest absolute Gasteiger partial charge is 0.275 e. The van der Waals surface area contributed by atoms with E-state index >= 15 is 0 Å². The van der Waals surface area contributed by atoms with Gasteiger partial charge < -0.3 is 22.0 Å². The Morgan fingerprint density at radius 1 is 1.23 bits per heavy atom. The van der Waals surface area contributed by atoms with Gasteiger partial charge in [-0.3, -0.25) is 18.9 Å². The van der Waals surface area contributed by atoms with E-state index in [-0.39, 0.29) is 39.6 Å². The summed E-state index contributed by atoms with van der Waals surface area (Å²) in [4.78, 5) is 29.5. The number of sulfonamides is 1. The third-order valence-electron chi connectivity index (χ3n) is 4.06. The van der Waals surface area contributed by atoms with Crippen molar-refractivity contribution in [2.24, 2.45) is 22.4 Å². The van der Waals surface area contributed by atoms with Crippen molar-refractivity contribution in [3.8, 4) is 0 Å². The molecule has 0 saturated heterocycles. The lowest BCUT2D eigenvalue weighted by molar-refractivity contribution is -0.121. The number of carbonyl (C=O) groups is 1. The molecule has 1 heterocycles. The lowest BCUT2D eigenvalue weighted by Crippen LogP contribution is -2.37. The van der Waals surface area contributed by atoms with Crippen molar-refractivity contribution in [3.63, 3.8) is 0 Å². The van der Waals surface area contributed by atoms with Gasteiger partial charge >= 0.3 is 0 Å². The van der Waals surface area contributed by atoms with Crippen molar-refractivity contribution in [2.75, 3.05) is 11.3 Å². The number of hydrogen-bond donors (Lipinski definition) is 4. The van der Waals surface area contributed by atoms with E-state index in [4.69, 9.17) is 45.2 Å². The Morgan fingerprint density at radius 2 is 1.90 bits per heavy atom. The maximum atomic E-state index is 13.0. The molecule has 2 rings (SSSR count). The van der Waals surface area contributed by atoms with Crippen LogP contribution in [0.2, 0.25) is 10.0 Å². The molecule has 1 aromatic carbocycles. The number of benzene rings is 1. The molecule has 0 fully saturated rings. The number of nitrogens with two attached hydrogens (primary N) is 3. The average Bonchev–Trinajstić information content (AvgIpc) is 2.67. The number of aryl methyl sites for hydroxylation is 1. The van der Waals surface area contributed by atoms with Crippen molar-refractivity contribution >= 4 is 50.8 Å². The van der Waals surface area contributed by atoms with Gasteiger partial charge in [-0.2, -0.15) is 0 Å². The number of guanidine groups is 1. The van der Waals surface area contributed by atoms with Crippen LogP contribution < -0.4 is 27.5 Å². The van der Waals surface area contributed by atoms with Gasteiger partial charge in [0.25, 0.3) is 15.6 Å². The standard InChI is InChI=1S/C17H20Cl2N6O5S/c1-9-5-6-11(24-31(28,29)13-4-2-3-10(18)14(13)19)16(27)25(9)12(15(20)26)7-8-30-23-17(21)22/h2-6,12,24H,7-8H2,1H3,(H2,20,26)(H4,21,22,23). The van der Waals surface area contributed by atoms with Gasteiger partial charge in [0.2, 0.25) is 11.9 Å². The molecule has 7 N–H and O–H groups in total. The van der Waals surface area contributed by atoms with E-state index in [1.54, 1.807) is 6.92 Å². The van der Waals surface area contributed by atoms with Gasteiger partial charge in [0.15, 0.2) is 0 Å². The molecule has 0 bridgehead atoms. The molecule has 0 aliphatic heterocycles.